The van der Waals surface area contributed by atoms with E-state index in [1.807, 2.05) is 6.07 Å². The number of halogens is 4. The zero-order valence-corrected chi connectivity index (χ0v) is 20.0. The van der Waals surface area contributed by atoms with Gasteiger partial charge in [-0.2, -0.15) is 0 Å². The van der Waals surface area contributed by atoms with E-state index in [-0.39, 0.29) is 17.4 Å². The third-order valence-corrected chi connectivity index (χ3v) is 8.08. The first kappa shape index (κ1) is 24.1. The van der Waals surface area contributed by atoms with E-state index in [1.165, 1.54) is 0 Å². The molecule has 1 N–H and O–H groups in total. The van der Waals surface area contributed by atoms with E-state index in [1.54, 1.807) is 11.1 Å². The van der Waals surface area contributed by atoms with Crippen LogP contribution in [0.15, 0.2) is 41.4 Å². The van der Waals surface area contributed by atoms with E-state index >= 15 is 0 Å². The van der Waals surface area contributed by atoms with E-state index < -0.39 is 15.6 Å². The van der Waals surface area contributed by atoms with E-state index in [0.29, 0.717) is 37.6 Å². The third-order valence-electron chi connectivity index (χ3n) is 7.00. The number of aromatic nitrogens is 3. The number of aromatic amines is 1. The summed E-state index contributed by atoms with van der Waals surface area (Å²) < 4.78 is 57.4. The molecule has 35 heavy (non-hydrogen) atoms. The van der Waals surface area contributed by atoms with Gasteiger partial charge in [0.05, 0.1) is 4.90 Å². The van der Waals surface area contributed by atoms with Gasteiger partial charge in [-0.25, -0.2) is 9.97 Å². The smallest absolute Gasteiger partial charge is 0.253 e. The van der Waals surface area contributed by atoms with Crippen molar-refractivity contribution in [2.24, 2.45) is 0 Å². The number of nitrogens with one attached hydrogen (secondary N) is 1. The molecule has 2 aliphatic rings. The van der Waals surface area contributed by atoms with Gasteiger partial charge in [-0.1, -0.05) is 0 Å². The number of nitrogens with zero attached hydrogens (tertiary/aromatic N) is 3. The monoisotopic (exact) mass is 512 g/mol. The van der Waals surface area contributed by atoms with Crippen molar-refractivity contribution in [2.75, 3.05) is 26.3 Å². The number of pyridine rings is 1. The van der Waals surface area contributed by atoms with Crippen LogP contribution in [0, 0.1) is 0 Å². The van der Waals surface area contributed by atoms with Crippen LogP contribution in [0.4, 0.5) is 15.5 Å². The summed E-state index contributed by atoms with van der Waals surface area (Å²) in [6.45, 7) is 2.44. The normalized spacial score (nSPS) is 21.4. The lowest BCUT2D eigenvalue weighted by molar-refractivity contribution is 0.0761. The molecule has 6 nitrogen and oxygen atoms in total. The number of hydrogen-bond acceptors (Lipinski definition) is 4. The minimum atomic E-state index is -7.83. The number of amides is 1. The maximum Gasteiger partial charge on any atom is 0.253 e. The molecule has 4 heterocycles. The molecule has 2 aliphatic heterocycles. The molecule has 1 aromatic carbocycles. The Bertz CT molecular complexity index is 1210. The Kier molecular flexibility index (Phi) is 6.25. The molecule has 0 radical (unpaired) electrons. The van der Waals surface area contributed by atoms with Crippen LogP contribution in [0.1, 0.15) is 65.7 Å². The molecule has 0 spiro atoms. The molecule has 1 amide bonds. The van der Waals surface area contributed by atoms with Crippen LogP contribution in [0.2, 0.25) is 0 Å². The predicted octanol–water partition coefficient (Wildman–Crippen LogP) is 6.23. The number of thiol groups is 1. The number of carbonyl (C=O) groups is 1. The second-order valence-corrected chi connectivity index (χ2v) is 11.3. The van der Waals surface area contributed by atoms with Gasteiger partial charge in [-0.15, -0.1) is 15.5 Å². The first-order valence-corrected chi connectivity index (χ1v) is 13.7. The number of rotatable bonds is 4. The third kappa shape index (κ3) is 5.16. The summed E-state index contributed by atoms with van der Waals surface area (Å²) in [4.78, 5) is 26.1. The lowest BCUT2D eigenvalue weighted by atomic mass is 9.92. The molecule has 3 aromatic rings. The number of ether oxygens (including phenoxy) is 1. The van der Waals surface area contributed by atoms with Gasteiger partial charge in [-0.05, 0) is 73.9 Å². The van der Waals surface area contributed by atoms with Gasteiger partial charge in [0.1, 0.15) is 11.3 Å². The number of carbonyl (C=O) groups excluding carboxylic acids is 1. The van der Waals surface area contributed by atoms with Crippen LogP contribution in [0.3, 0.4) is 0 Å². The second-order valence-electron chi connectivity index (χ2n) is 9.29. The van der Waals surface area contributed by atoms with Crippen molar-refractivity contribution in [3.63, 3.8) is 0 Å². The molecule has 0 aliphatic carbocycles. The minimum absolute atomic E-state index is 0.132. The molecule has 0 bridgehead atoms. The number of likely N-dealkylation sites (tertiary alicyclic amines) is 1. The fourth-order valence-corrected chi connectivity index (χ4v) is 5.66. The Labute approximate surface area is 201 Å². The summed E-state index contributed by atoms with van der Waals surface area (Å²) in [6.07, 6.45) is 5.96. The zero-order valence-electron chi connectivity index (χ0n) is 19.1. The van der Waals surface area contributed by atoms with Crippen LogP contribution in [0.5, 0.6) is 0 Å². The lowest BCUT2D eigenvalue weighted by Crippen LogP contribution is -2.32. The molecule has 5 rings (SSSR count). The fraction of sp³-hybridized carbons (Fsp3) is 0.458. The highest BCUT2D eigenvalue weighted by Gasteiger charge is 2.39. The van der Waals surface area contributed by atoms with Gasteiger partial charge >= 0.3 is 0 Å². The minimum Gasteiger partial charge on any atom is -0.381 e. The Morgan fingerprint density at radius 2 is 1.71 bits per heavy atom. The predicted molar refractivity (Wildman–Crippen MR) is 127 cm³/mol. The molecule has 0 saturated carbocycles. The first-order valence-electron chi connectivity index (χ1n) is 11.9. The molecule has 190 valence electrons. The lowest BCUT2D eigenvalue weighted by Gasteiger charge is -2.29. The van der Waals surface area contributed by atoms with Crippen molar-refractivity contribution in [3.05, 3.63) is 53.5 Å². The highest BCUT2D eigenvalue weighted by atomic mass is 32.4. The summed E-state index contributed by atoms with van der Waals surface area (Å²) in [5, 5.41) is 0. The van der Waals surface area contributed by atoms with Crippen molar-refractivity contribution in [1.82, 2.24) is 19.9 Å². The number of imidazole rings is 1. The van der Waals surface area contributed by atoms with Crippen LogP contribution in [-0.2, 0) is 4.74 Å². The summed E-state index contributed by atoms with van der Waals surface area (Å²) in [7, 11) is -7.83. The Morgan fingerprint density at radius 1 is 0.971 bits per heavy atom. The standard InChI is InChI=1S/C24H28F4N4O2S/c25-35(26,27,28)19-5-3-18(4-6-19)24(33)32-12-1-2-16(8-13-32)20-7-11-29-23-21(20)30-22(31-23)17-9-14-34-15-10-17/h3-7,11,16-17,35H,1-2,8-10,12-15H2,(H,29,30,31). The second kappa shape index (κ2) is 9.09. The van der Waals surface area contributed by atoms with Gasteiger partial charge in [0.2, 0.25) is 0 Å². The van der Waals surface area contributed by atoms with Crippen molar-refractivity contribution in [1.29, 1.82) is 0 Å². The summed E-state index contributed by atoms with van der Waals surface area (Å²) in [6, 6.07) is 5.44. The Balaban J connectivity index is 1.31. The van der Waals surface area contributed by atoms with Crippen LogP contribution in [-0.4, -0.2) is 52.1 Å². The van der Waals surface area contributed by atoms with E-state index in [4.69, 9.17) is 9.72 Å². The molecular weight excluding hydrogens is 484 g/mol. The van der Waals surface area contributed by atoms with Crippen molar-refractivity contribution < 1.29 is 25.1 Å². The van der Waals surface area contributed by atoms with Gasteiger partial charge in [0, 0.05) is 44.0 Å². The topological polar surface area (TPSA) is 71.1 Å². The average molecular weight is 513 g/mol. The number of fused-ring (bicyclic) bond motifs is 1. The van der Waals surface area contributed by atoms with Crippen LogP contribution >= 0.6 is 10.7 Å². The van der Waals surface area contributed by atoms with Crippen molar-refractivity contribution in [3.8, 4) is 0 Å². The highest BCUT2D eigenvalue weighted by Crippen LogP contribution is 2.81. The Hall–Kier alpha value is -2.66. The zero-order chi connectivity index (χ0) is 24.7. The number of H-pyrrole nitrogens is 1. The summed E-state index contributed by atoms with van der Waals surface area (Å²) >= 11 is 0. The summed E-state index contributed by atoms with van der Waals surface area (Å²) in [5.41, 5.74) is 2.86. The Morgan fingerprint density at radius 3 is 2.43 bits per heavy atom. The molecule has 1 atom stereocenters. The maximum atomic E-state index is 13.0. The molecule has 2 saturated heterocycles. The maximum absolute atomic E-state index is 13.0. The molecule has 1 unspecified atom stereocenters. The van der Waals surface area contributed by atoms with Gasteiger partial charge in [0.15, 0.2) is 16.4 Å². The largest absolute Gasteiger partial charge is 0.381 e. The van der Waals surface area contributed by atoms with E-state index in [2.05, 4.69) is 9.97 Å². The van der Waals surface area contributed by atoms with E-state index in [0.717, 1.165) is 73.6 Å². The van der Waals surface area contributed by atoms with Crippen LogP contribution in [0.25, 0.3) is 11.2 Å². The average Bonchev–Trinajstić information content (AvgIpc) is 3.14. The van der Waals surface area contributed by atoms with Crippen LogP contribution < -0.4 is 0 Å². The number of hydrogen-bond donors (Lipinski definition) is 2. The summed E-state index contributed by atoms with van der Waals surface area (Å²) in [5.74, 6) is 1.11. The molecule has 2 aromatic heterocycles. The van der Waals surface area contributed by atoms with E-state index in [9.17, 15) is 20.3 Å². The quantitative estimate of drug-likeness (QED) is 0.321. The van der Waals surface area contributed by atoms with Gasteiger partial charge < -0.3 is 14.6 Å². The van der Waals surface area contributed by atoms with Crippen molar-refractivity contribution in [2.45, 2.75) is 48.8 Å². The molecular formula is C24H28F4N4O2S. The fourth-order valence-electron chi connectivity index (χ4n) is 5.06. The highest BCUT2D eigenvalue weighted by molar-refractivity contribution is 8.33. The molecule has 2 fully saturated rings. The first-order chi connectivity index (χ1) is 16.7. The molecule has 11 heteroatoms. The SMILES string of the molecule is O=C(c1ccc([SH](F)(F)(F)F)cc1)N1CCCC(c2ccnc3[nH]c(C4CCOCC4)nc23)CC1. The van der Waals surface area contributed by atoms with Gasteiger partial charge in [0.25, 0.3) is 5.91 Å². The van der Waals surface area contributed by atoms with Gasteiger partial charge in [-0.3, -0.25) is 4.79 Å². The van der Waals surface area contributed by atoms with Crippen molar-refractivity contribution >= 4 is 27.8 Å². The number of benzene rings is 1.